The fourth-order valence-electron chi connectivity index (χ4n) is 3.92. The lowest BCUT2D eigenvalue weighted by Crippen LogP contribution is -2.54. The Hall–Kier alpha value is -4.50. The van der Waals surface area contributed by atoms with E-state index in [9.17, 15) is 14.4 Å². The standard InChI is InChI=1S/C29H27N3O5S/c1-4-36-25-16-20(11-13-24(25)37-17-26(33)30-23-12-10-18(2)14-19(23)3)15-22-27(34)31-29(38)32(28(22)35)21-8-6-5-7-9-21/h5-16H,4,17H2,1-3H3,(H,30,33)(H,31,34,38)/b22-15-. The summed E-state index contributed by atoms with van der Waals surface area (Å²) < 4.78 is 11.4. The molecule has 3 aromatic rings. The second-order valence-corrected chi connectivity index (χ2v) is 8.97. The first kappa shape index (κ1) is 26.6. The molecule has 1 saturated heterocycles. The van der Waals surface area contributed by atoms with Crippen molar-refractivity contribution >= 4 is 52.5 Å². The number of hydrogen-bond donors (Lipinski definition) is 2. The van der Waals surface area contributed by atoms with Crippen LogP contribution in [-0.2, 0) is 14.4 Å². The number of ether oxygens (including phenoxy) is 2. The van der Waals surface area contributed by atoms with E-state index in [-0.39, 0.29) is 23.2 Å². The van der Waals surface area contributed by atoms with Crippen LogP contribution < -0.4 is 25.0 Å². The Bertz CT molecular complexity index is 1440. The first-order chi connectivity index (χ1) is 18.3. The Kier molecular flexibility index (Phi) is 8.18. The fraction of sp³-hybridized carbons (Fsp3) is 0.172. The van der Waals surface area contributed by atoms with Crippen LogP contribution >= 0.6 is 12.2 Å². The van der Waals surface area contributed by atoms with E-state index in [0.29, 0.717) is 29.4 Å². The zero-order valence-electron chi connectivity index (χ0n) is 21.2. The normalized spacial score (nSPS) is 14.3. The van der Waals surface area contributed by atoms with Crippen LogP contribution in [0.1, 0.15) is 23.6 Å². The smallest absolute Gasteiger partial charge is 0.270 e. The molecule has 38 heavy (non-hydrogen) atoms. The lowest BCUT2D eigenvalue weighted by Gasteiger charge is -2.28. The van der Waals surface area contributed by atoms with Gasteiger partial charge in [-0.05, 0) is 80.5 Å². The molecule has 3 aromatic carbocycles. The third-order valence-electron chi connectivity index (χ3n) is 5.71. The van der Waals surface area contributed by atoms with E-state index in [0.717, 1.165) is 16.8 Å². The van der Waals surface area contributed by atoms with Crippen LogP contribution in [0.5, 0.6) is 11.5 Å². The lowest BCUT2D eigenvalue weighted by atomic mass is 10.1. The number of carbonyl (C=O) groups excluding carboxylic acids is 3. The summed E-state index contributed by atoms with van der Waals surface area (Å²) in [5.41, 5.74) is 3.79. The van der Waals surface area contributed by atoms with Crippen molar-refractivity contribution in [1.29, 1.82) is 0 Å². The van der Waals surface area contributed by atoms with Gasteiger partial charge in [0.1, 0.15) is 5.57 Å². The average Bonchev–Trinajstić information content (AvgIpc) is 2.88. The van der Waals surface area contributed by atoms with Gasteiger partial charge in [-0.1, -0.05) is 42.0 Å². The topological polar surface area (TPSA) is 97.0 Å². The summed E-state index contributed by atoms with van der Waals surface area (Å²) in [7, 11) is 0. The number of hydrogen-bond acceptors (Lipinski definition) is 6. The van der Waals surface area contributed by atoms with E-state index in [1.54, 1.807) is 42.5 Å². The van der Waals surface area contributed by atoms with Crippen LogP contribution in [0.25, 0.3) is 6.08 Å². The summed E-state index contributed by atoms with van der Waals surface area (Å²) in [6.07, 6.45) is 1.47. The Morgan fingerprint density at radius 1 is 1.00 bits per heavy atom. The van der Waals surface area contributed by atoms with Gasteiger partial charge in [0.25, 0.3) is 17.7 Å². The monoisotopic (exact) mass is 529 g/mol. The van der Waals surface area contributed by atoms with Gasteiger partial charge in [0.2, 0.25) is 0 Å². The molecule has 1 fully saturated rings. The molecule has 4 rings (SSSR count). The molecule has 0 spiro atoms. The predicted molar refractivity (Wildman–Crippen MR) is 150 cm³/mol. The maximum atomic E-state index is 13.2. The molecule has 8 nitrogen and oxygen atoms in total. The van der Waals surface area contributed by atoms with Gasteiger partial charge < -0.3 is 14.8 Å². The Morgan fingerprint density at radius 2 is 1.76 bits per heavy atom. The molecule has 9 heteroatoms. The van der Waals surface area contributed by atoms with E-state index in [1.165, 1.54) is 11.0 Å². The molecular weight excluding hydrogens is 502 g/mol. The molecule has 0 unspecified atom stereocenters. The molecule has 1 aliphatic rings. The van der Waals surface area contributed by atoms with Gasteiger partial charge >= 0.3 is 0 Å². The number of rotatable bonds is 8. The van der Waals surface area contributed by atoms with Crippen molar-refractivity contribution in [3.05, 3.63) is 89.0 Å². The van der Waals surface area contributed by atoms with E-state index in [4.69, 9.17) is 21.7 Å². The quantitative estimate of drug-likeness (QED) is 0.253. The minimum atomic E-state index is -0.589. The van der Waals surface area contributed by atoms with Crippen molar-refractivity contribution in [2.75, 3.05) is 23.4 Å². The third-order valence-corrected chi connectivity index (χ3v) is 5.99. The summed E-state index contributed by atoms with van der Waals surface area (Å²) in [4.78, 5) is 39.6. The highest BCUT2D eigenvalue weighted by Gasteiger charge is 2.34. The van der Waals surface area contributed by atoms with E-state index < -0.39 is 11.8 Å². The number of benzene rings is 3. The summed E-state index contributed by atoms with van der Waals surface area (Å²) in [6, 6.07) is 19.6. The molecule has 0 saturated carbocycles. The number of para-hydroxylation sites is 1. The number of anilines is 2. The number of amides is 3. The minimum absolute atomic E-state index is 0.0150. The number of aryl methyl sites for hydroxylation is 2. The molecule has 2 N–H and O–H groups in total. The van der Waals surface area contributed by atoms with Crippen molar-refractivity contribution < 1.29 is 23.9 Å². The second-order valence-electron chi connectivity index (χ2n) is 8.59. The third kappa shape index (κ3) is 6.07. The van der Waals surface area contributed by atoms with Gasteiger partial charge in [-0.3, -0.25) is 24.6 Å². The van der Waals surface area contributed by atoms with Gasteiger partial charge in [-0.2, -0.15) is 0 Å². The maximum absolute atomic E-state index is 13.2. The number of nitrogens with one attached hydrogen (secondary N) is 2. The first-order valence-corrected chi connectivity index (χ1v) is 12.4. The highest BCUT2D eigenvalue weighted by molar-refractivity contribution is 7.80. The predicted octanol–water partition coefficient (Wildman–Crippen LogP) is 4.55. The van der Waals surface area contributed by atoms with E-state index in [1.807, 2.05) is 45.0 Å². The SMILES string of the molecule is CCOc1cc(/C=C2/C(=O)NC(=S)N(c3ccccc3)C2=O)ccc1OCC(=O)Nc1ccc(C)cc1C. The minimum Gasteiger partial charge on any atom is -0.490 e. The first-order valence-electron chi connectivity index (χ1n) is 12.0. The van der Waals surface area contributed by atoms with Crippen LogP contribution in [0.2, 0.25) is 0 Å². The van der Waals surface area contributed by atoms with Crippen molar-refractivity contribution in [1.82, 2.24) is 5.32 Å². The highest BCUT2D eigenvalue weighted by atomic mass is 32.1. The lowest BCUT2D eigenvalue weighted by molar-refractivity contribution is -0.122. The average molecular weight is 530 g/mol. The molecule has 3 amide bonds. The van der Waals surface area contributed by atoms with Crippen molar-refractivity contribution in [3.63, 3.8) is 0 Å². The Balaban J connectivity index is 1.52. The van der Waals surface area contributed by atoms with Gasteiger partial charge in [-0.25, -0.2) is 0 Å². The van der Waals surface area contributed by atoms with Crippen LogP contribution in [0.3, 0.4) is 0 Å². The molecule has 0 atom stereocenters. The van der Waals surface area contributed by atoms with Crippen LogP contribution in [0.4, 0.5) is 11.4 Å². The summed E-state index contributed by atoms with van der Waals surface area (Å²) >= 11 is 5.23. The maximum Gasteiger partial charge on any atom is 0.270 e. The number of carbonyl (C=O) groups is 3. The van der Waals surface area contributed by atoms with Gasteiger partial charge in [0.05, 0.1) is 12.3 Å². The molecule has 0 bridgehead atoms. The number of thiocarbonyl (C=S) groups is 1. The van der Waals surface area contributed by atoms with Crippen LogP contribution in [-0.4, -0.2) is 36.0 Å². The molecule has 194 valence electrons. The van der Waals surface area contributed by atoms with Gasteiger partial charge in [0.15, 0.2) is 23.2 Å². The fourth-order valence-corrected chi connectivity index (χ4v) is 4.20. The van der Waals surface area contributed by atoms with Crippen LogP contribution in [0, 0.1) is 13.8 Å². The number of nitrogens with zero attached hydrogens (tertiary/aromatic N) is 1. The second kappa shape index (κ2) is 11.7. The highest BCUT2D eigenvalue weighted by Crippen LogP contribution is 2.30. The van der Waals surface area contributed by atoms with Crippen LogP contribution in [0.15, 0.2) is 72.3 Å². The molecule has 0 radical (unpaired) electrons. The molecule has 0 aromatic heterocycles. The van der Waals surface area contributed by atoms with Crippen molar-refractivity contribution in [2.45, 2.75) is 20.8 Å². The molecule has 1 aliphatic heterocycles. The molecular formula is C29H27N3O5S. The molecule has 1 heterocycles. The van der Waals surface area contributed by atoms with Crippen molar-refractivity contribution in [3.8, 4) is 11.5 Å². The van der Waals surface area contributed by atoms with Crippen molar-refractivity contribution in [2.24, 2.45) is 0 Å². The van der Waals surface area contributed by atoms with E-state index >= 15 is 0 Å². The summed E-state index contributed by atoms with van der Waals surface area (Å²) in [5, 5.41) is 5.43. The Morgan fingerprint density at radius 3 is 2.47 bits per heavy atom. The van der Waals surface area contributed by atoms with E-state index in [2.05, 4.69) is 10.6 Å². The van der Waals surface area contributed by atoms with Gasteiger partial charge in [-0.15, -0.1) is 0 Å². The largest absolute Gasteiger partial charge is 0.490 e. The zero-order valence-corrected chi connectivity index (χ0v) is 22.1. The van der Waals surface area contributed by atoms with Gasteiger partial charge in [0, 0.05) is 5.69 Å². The summed E-state index contributed by atoms with van der Waals surface area (Å²) in [5.74, 6) is -0.705. The molecule has 0 aliphatic carbocycles. The zero-order chi connectivity index (χ0) is 27.2. The Labute approximate surface area is 226 Å². The summed E-state index contributed by atoms with van der Waals surface area (Å²) in [6.45, 7) is 5.85.